The number of amides is 1. The number of nitro benzene ring substituents is 1. The van der Waals surface area contributed by atoms with Crippen LogP contribution in [-0.2, 0) is 11.4 Å². The van der Waals surface area contributed by atoms with Gasteiger partial charge in [-0.1, -0.05) is 47.5 Å². The fraction of sp³-hybridized carbons (Fsp3) is 0.120. The van der Waals surface area contributed by atoms with Gasteiger partial charge in [0.05, 0.1) is 17.1 Å². The summed E-state index contributed by atoms with van der Waals surface area (Å²) < 4.78 is 11.3. The number of ether oxygens (including phenoxy) is 2. The van der Waals surface area contributed by atoms with Gasteiger partial charge in [0.15, 0.2) is 11.5 Å². The third-order valence-electron chi connectivity index (χ3n) is 4.96. The van der Waals surface area contributed by atoms with Crippen molar-refractivity contribution in [1.29, 1.82) is 5.26 Å². The molecule has 8 nitrogen and oxygen atoms in total. The molecule has 0 aromatic heterocycles. The van der Waals surface area contributed by atoms with Crippen molar-refractivity contribution in [2.24, 2.45) is 0 Å². The summed E-state index contributed by atoms with van der Waals surface area (Å²) in [5, 5.41) is 23.2. The minimum atomic E-state index is -0.765. The molecule has 3 aromatic rings. The van der Waals surface area contributed by atoms with Gasteiger partial charge in [-0.05, 0) is 54.0 Å². The molecule has 0 saturated carbocycles. The summed E-state index contributed by atoms with van der Waals surface area (Å²) in [7, 11) is 1.45. The average molecular weight is 512 g/mol. The summed E-state index contributed by atoms with van der Waals surface area (Å²) in [4.78, 5) is 23.0. The molecular weight excluding hydrogens is 493 g/mol. The van der Waals surface area contributed by atoms with E-state index < -0.39 is 10.8 Å². The fourth-order valence-electron chi connectivity index (χ4n) is 3.13. The zero-order chi connectivity index (χ0) is 25.5. The Balaban J connectivity index is 1.84. The van der Waals surface area contributed by atoms with Crippen molar-refractivity contribution in [3.05, 3.63) is 97.0 Å². The van der Waals surface area contributed by atoms with Crippen LogP contribution in [0, 0.1) is 28.4 Å². The largest absolute Gasteiger partial charge is 0.493 e. The molecule has 0 radical (unpaired) electrons. The Labute approximate surface area is 211 Å². The van der Waals surface area contributed by atoms with E-state index in [9.17, 15) is 20.2 Å². The van der Waals surface area contributed by atoms with Crippen molar-refractivity contribution in [2.45, 2.75) is 13.5 Å². The van der Waals surface area contributed by atoms with Gasteiger partial charge in [0.25, 0.3) is 11.6 Å². The SMILES string of the molecule is COc1cc(/C=C(\C#N)C(=O)Nc2ccc(Cl)c([N+](=O)[O-])c2)cc(Cl)c1OCc1ccccc1C. The highest BCUT2D eigenvalue weighted by Crippen LogP contribution is 2.38. The number of carbonyl (C=O) groups is 1. The van der Waals surface area contributed by atoms with E-state index in [1.54, 1.807) is 6.07 Å². The molecule has 0 spiro atoms. The second kappa shape index (κ2) is 11.4. The predicted molar refractivity (Wildman–Crippen MR) is 134 cm³/mol. The molecule has 0 bridgehead atoms. The first-order chi connectivity index (χ1) is 16.7. The first-order valence-electron chi connectivity index (χ1n) is 10.2. The van der Waals surface area contributed by atoms with Crippen molar-refractivity contribution < 1.29 is 19.2 Å². The van der Waals surface area contributed by atoms with E-state index in [1.165, 1.54) is 31.4 Å². The average Bonchev–Trinajstić information content (AvgIpc) is 2.83. The van der Waals surface area contributed by atoms with Crippen LogP contribution < -0.4 is 14.8 Å². The van der Waals surface area contributed by atoms with E-state index in [4.69, 9.17) is 32.7 Å². The smallest absolute Gasteiger partial charge is 0.289 e. The summed E-state index contributed by atoms with van der Waals surface area (Å²) in [6.45, 7) is 2.25. The monoisotopic (exact) mass is 511 g/mol. The molecule has 0 unspecified atom stereocenters. The number of hydrogen-bond donors (Lipinski definition) is 1. The van der Waals surface area contributed by atoms with Crippen LogP contribution in [0.2, 0.25) is 10.0 Å². The quantitative estimate of drug-likeness (QED) is 0.163. The number of anilines is 1. The number of aryl methyl sites for hydroxylation is 1. The highest BCUT2D eigenvalue weighted by molar-refractivity contribution is 6.33. The molecule has 1 amide bonds. The molecule has 3 aromatic carbocycles. The molecule has 0 saturated heterocycles. The number of rotatable bonds is 8. The lowest BCUT2D eigenvalue weighted by Gasteiger charge is -2.14. The summed E-state index contributed by atoms with van der Waals surface area (Å²) in [5.41, 5.74) is 1.96. The highest BCUT2D eigenvalue weighted by atomic mass is 35.5. The Hall–Kier alpha value is -4.06. The molecule has 0 fully saturated rings. The van der Waals surface area contributed by atoms with E-state index in [-0.39, 0.29) is 33.6 Å². The van der Waals surface area contributed by atoms with Crippen LogP contribution >= 0.6 is 23.2 Å². The van der Waals surface area contributed by atoms with Gasteiger partial charge in [0.1, 0.15) is 23.3 Å². The zero-order valence-electron chi connectivity index (χ0n) is 18.7. The maximum Gasteiger partial charge on any atom is 0.289 e. The normalized spacial score (nSPS) is 10.9. The molecule has 3 rings (SSSR count). The lowest BCUT2D eigenvalue weighted by atomic mass is 10.1. The zero-order valence-corrected chi connectivity index (χ0v) is 20.2. The van der Waals surface area contributed by atoms with Crippen LogP contribution in [-0.4, -0.2) is 17.9 Å². The molecule has 0 atom stereocenters. The van der Waals surface area contributed by atoms with Crippen molar-refractivity contribution in [1.82, 2.24) is 0 Å². The molecule has 0 aliphatic rings. The van der Waals surface area contributed by atoms with Gasteiger partial charge in [-0.2, -0.15) is 5.26 Å². The van der Waals surface area contributed by atoms with Crippen LogP contribution in [0.3, 0.4) is 0 Å². The number of nitrogens with zero attached hydrogens (tertiary/aromatic N) is 2. The van der Waals surface area contributed by atoms with Gasteiger partial charge in [-0.3, -0.25) is 14.9 Å². The number of nitrogens with one attached hydrogen (secondary N) is 1. The number of methoxy groups -OCH3 is 1. The minimum Gasteiger partial charge on any atom is -0.493 e. The molecule has 178 valence electrons. The number of benzene rings is 3. The molecule has 10 heteroatoms. The van der Waals surface area contributed by atoms with Crippen LogP contribution in [0.5, 0.6) is 11.5 Å². The number of nitro groups is 1. The number of halogens is 2. The van der Waals surface area contributed by atoms with Gasteiger partial charge >= 0.3 is 0 Å². The Morgan fingerprint density at radius 2 is 1.91 bits per heavy atom. The van der Waals surface area contributed by atoms with Gasteiger partial charge in [0.2, 0.25) is 0 Å². The molecule has 0 aliphatic carbocycles. The lowest BCUT2D eigenvalue weighted by molar-refractivity contribution is -0.384. The van der Waals surface area contributed by atoms with Crippen LogP contribution in [0.25, 0.3) is 6.08 Å². The van der Waals surface area contributed by atoms with Crippen molar-refractivity contribution in [3.8, 4) is 17.6 Å². The Morgan fingerprint density at radius 3 is 2.57 bits per heavy atom. The minimum absolute atomic E-state index is 0.0736. The third-order valence-corrected chi connectivity index (χ3v) is 5.56. The second-order valence-electron chi connectivity index (χ2n) is 7.30. The van der Waals surface area contributed by atoms with Crippen molar-refractivity contribution >= 4 is 46.6 Å². The molecule has 0 heterocycles. The summed E-state index contributed by atoms with van der Waals surface area (Å²) in [6.07, 6.45) is 1.32. The Bertz CT molecular complexity index is 1370. The van der Waals surface area contributed by atoms with Crippen LogP contribution in [0.1, 0.15) is 16.7 Å². The van der Waals surface area contributed by atoms with Gasteiger partial charge in [-0.15, -0.1) is 0 Å². The maximum atomic E-state index is 12.6. The maximum absolute atomic E-state index is 12.6. The van der Waals surface area contributed by atoms with E-state index >= 15 is 0 Å². The van der Waals surface area contributed by atoms with Crippen LogP contribution in [0.15, 0.2) is 60.2 Å². The van der Waals surface area contributed by atoms with Crippen molar-refractivity contribution in [2.75, 3.05) is 12.4 Å². The number of carbonyl (C=O) groups excluding carboxylic acids is 1. The van der Waals surface area contributed by atoms with Gasteiger partial charge in [0, 0.05) is 11.8 Å². The summed E-state index contributed by atoms with van der Waals surface area (Å²) in [6, 6.07) is 16.5. The van der Waals surface area contributed by atoms with Gasteiger partial charge < -0.3 is 14.8 Å². The molecule has 1 N–H and O–H groups in total. The Morgan fingerprint density at radius 1 is 1.17 bits per heavy atom. The molecular formula is C25H19Cl2N3O5. The first kappa shape index (κ1) is 25.6. The van der Waals surface area contributed by atoms with E-state index in [1.807, 2.05) is 37.3 Å². The number of nitriles is 1. The van der Waals surface area contributed by atoms with Gasteiger partial charge in [-0.25, -0.2) is 0 Å². The molecule has 35 heavy (non-hydrogen) atoms. The lowest BCUT2D eigenvalue weighted by Crippen LogP contribution is -2.13. The topological polar surface area (TPSA) is 114 Å². The van der Waals surface area contributed by atoms with E-state index in [2.05, 4.69) is 5.32 Å². The van der Waals surface area contributed by atoms with E-state index in [0.717, 1.165) is 17.2 Å². The number of hydrogen-bond acceptors (Lipinski definition) is 6. The first-order valence-corrected chi connectivity index (χ1v) is 10.9. The Kier molecular flexibility index (Phi) is 8.31. The molecule has 0 aliphatic heterocycles. The summed E-state index contributed by atoms with van der Waals surface area (Å²) >= 11 is 12.2. The highest BCUT2D eigenvalue weighted by Gasteiger charge is 2.17. The van der Waals surface area contributed by atoms with Crippen LogP contribution in [0.4, 0.5) is 11.4 Å². The summed E-state index contributed by atoms with van der Waals surface area (Å²) in [5.74, 6) is -0.117. The fourth-order valence-corrected chi connectivity index (χ4v) is 3.59. The second-order valence-corrected chi connectivity index (χ2v) is 8.11. The predicted octanol–water partition coefficient (Wildman–Crippen LogP) is 6.34. The van der Waals surface area contributed by atoms with E-state index in [0.29, 0.717) is 17.1 Å². The van der Waals surface area contributed by atoms with Crippen molar-refractivity contribution in [3.63, 3.8) is 0 Å². The standard InChI is InChI=1S/C25H19Cl2N3O5/c1-15-5-3-4-6-17(15)14-35-24-21(27)10-16(11-23(24)34-2)9-18(13-28)25(31)29-19-7-8-20(26)22(12-19)30(32)33/h3-12H,14H2,1-2H3,(H,29,31)/b18-9+. The third kappa shape index (κ3) is 6.29.